The van der Waals surface area contributed by atoms with Gasteiger partial charge >= 0.3 is 0 Å². The molecule has 4 nitrogen and oxygen atoms in total. The van der Waals surface area contributed by atoms with Crippen LogP contribution in [0.3, 0.4) is 0 Å². The van der Waals surface area contributed by atoms with Crippen LogP contribution in [-0.4, -0.2) is 20.4 Å². The zero-order valence-electron chi connectivity index (χ0n) is 15.6. The van der Waals surface area contributed by atoms with Crippen molar-refractivity contribution in [2.24, 2.45) is 22.7 Å². The number of allylic oxidation sites excluding steroid dienone is 1. The molecule has 3 unspecified atom stereocenters. The van der Waals surface area contributed by atoms with E-state index in [0.717, 1.165) is 25.3 Å². The van der Waals surface area contributed by atoms with Crippen molar-refractivity contribution in [3.05, 3.63) is 17.2 Å². The third-order valence-electron chi connectivity index (χ3n) is 6.88. The van der Waals surface area contributed by atoms with Gasteiger partial charge in [-0.15, -0.1) is 0 Å². The molecule has 0 radical (unpaired) electrons. The van der Waals surface area contributed by atoms with Crippen molar-refractivity contribution in [2.45, 2.75) is 59.8 Å². The predicted octanol–water partition coefficient (Wildman–Crippen LogP) is 5.15. The van der Waals surface area contributed by atoms with E-state index < -0.39 is 11.5 Å². The molecule has 4 heteroatoms. The van der Waals surface area contributed by atoms with Gasteiger partial charge in [-0.2, -0.15) is 0 Å². The lowest BCUT2D eigenvalue weighted by molar-refractivity contribution is -0.00535. The molecule has 138 valence electrons. The topological polar surface area (TPSA) is 80.9 Å². The third-order valence-corrected chi connectivity index (χ3v) is 6.88. The summed E-state index contributed by atoms with van der Waals surface area (Å²) in [7, 11) is 0. The molecule has 0 heterocycles. The number of fused-ring (bicyclic) bond motifs is 1. The Hall–Kier alpha value is -1.84. The molecule has 0 saturated heterocycles. The zero-order valence-corrected chi connectivity index (χ0v) is 15.6. The largest absolute Gasteiger partial charge is 0.504 e. The van der Waals surface area contributed by atoms with Crippen LogP contribution in [0, 0.1) is 22.7 Å². The molecule has 2 aliphatic rings. The van der Waals surface area contributed by atoms with Gasteiger partial charge in [-0.3, -0.25) is 0 Å². The summed E-state index contributed by atoms with van der Waals surface area (Å²) in [5.41, 5.74) is 1.58. The highest BCUT2D eigenvalue weighted by Gasteiger charge is 2.51. The maximum absolute atomic E-state index is 10.2. The van der Waals surface area contributed by atoms with Crippen LogP contribution in [0.4, 0.5) is 0 Å². The quantitative estimate of drug-likeness (QED) is 0.418. The van der Waals surface area contributed by atoms with E-state index in [9.17, 15) is 20.4 Å². The number of hydrogen-bond donors (Lipinski definition) is 4. The summed E-state index contributed by atoms with van der Waals surface area (Å²) in [5.74, 6) is -0.719. The Bertz CT molecular complexity index is 693. The van der Waals surface area contributed by atoms with Crippen LogP contribution >= 0.6 is 0 Å². The van der Waals surface area contributed by atoms with Crippen molar-refractivity contribution in [1.82, 2.24) is 0 Å². The van der Waals surface area contributed by atoms with E-state index in [4.69, 9.17) is 0 Å². The van der Waals surface area contributed by atoms with Gasteiger partial charge in [0.15, 0.2) is 23.0 Å². The predicted molar refractivity (Wildman–Crippen MR) is 98.7 cm³/mol. The van der Waals surface area contributed by atoms with Crippen molar-refractivity contribution in [1.29, 1.82) is 0 Å². The summed E-state index contributed by atoms with van der Waals surface area (Å²) < 4.78 is 0. The highest BCUT2D eigenvalue weighted by atomic mass is 16.3. The van der Waals surface area contributed by atoms with E-state index >= 15 is 0 Å². The van der Waals surface area contributed by atoms with Crippen molar-refractivity contribution in [3.63, 3.8) is 0 Å². The van der Waals surface area contributed by atoms with Gasteiger partial charge in [-0.25, -0.2) is 0 Å². The molecule has 2 fully saturated rings. The second kappa shape index (κ2) is 5.86. The first-order chi connectivity index (χ1) is 11.6. The number of phenols is 4. The molecule has 4 N–H and O–H groups in total. The van der Waals surface area contributed by atoms with Crippen LogP contribution in [0.2, 0.25) is 0 Å². The lowest BCUT2D eigenvalue weighted by atomic mass is 9.48. The number of aromatic hydroxyl groups is 4. The molecule has 3 atom stereocenters. The Morgan fingerprint density at radius 1 is 0.960 bits per heavy atom. The van der Waals surface area contributed by atoms with Crippen LogP contribution in [-0.2, 0) is 0 Å². The Balaban J connectivity index is 2.16. The lowest BCUT2D eigenvalue weighted by Crippen LogP contribution is -2.47. The van der Waals surface area contributed by atoms with Gasteiger partial charge in [0.05, 0.1) is 5.56 Å². The molecule has 0 aliphatic heterocycles. The summed E-state index contributed by atoms with van der Waals surface area (Å²) >= 11 is 0. The third kappa shape index (κ3) is 2.76. The normalized spacial score (nSPS) is 33.2. The number of hydrogen-bond acceptors (Lipinski definition) is 4. The number of benzene rings is 1. The number of rotatable bonds is 1. The molecular formula is C21H30O4. The maximum atomic E-state index is 10.2. The Kier molecular flexibility index (Phi) is 4.21. The summed E-state index contributed by atoms with van der Waals surface area (Å²) in [6.07, 6.45) is 7.53. The molecule has 0 spiro atoms. The summed E-state index contributed by atoms with van der Waals surface area (Å²) in [4.78, 5) is 0. The van der Waals surface area contributed by atoms with Crippen LogP contribution in [0.5, 0.6) is 23.0 Å². The second-order valence-corrected chi connectivity index (χ2v) is 8.92. The van der Waals surface area contributed by atoms with Crippen LogP contribution < -0.4 is 0 Å². The van der Waals surface area contributed by atoms with E-state index in [1.165, 1.54) is 18.4 Å². The molecule has 1 aromatic rings. The average molecular weight is 346 g/mol. The van der Waals surface area contributed by atoms with Gasteiger partial charge in [0.25, 0.3) is 0 Å². The van der Waals surface area contributed by atoms with Gasteiger partial charge in [0.1, 0.15) is 0 Å². The molecule has 3 rings (SSSR count). The van der Waals surface area contributed by atoms with E-state index in [-0.39, 0.29) is 27.9 Å². The fourth-order valence-corrected chi connectivity index (χ4v) is 5.57. The molecule has 0 bridgehead atoms. The van der Waals surface area contributed by atoms with Gasteiger partial charge in [0, 0.05) is 6.07 Å². The monoisotopic (exact) mass is 346 g/mol. The minimum Gasteiger partial charge on any atom is -0.504 e. The van der Waals surface area contributed by atoms with Gasteiger partial charge < -0.3 is 20.4 Å². The zero-order chi connectivity index (χ0) is 18.6. The van der Waals surface area contributed by atoms with Crippen molar-refractivity contribution in [3.8, 4) is 23.0 Å². The minimum absolute atomic E-state index is 0.000619. The maximum Gasteiger partial charge on any atom is 0.168 e. The van der Waals surface area contributed by atoms with Gasteiger partial charge in [-0.05, 0) is 54.4 Å². The Morgan fingerprint density at radius 3 is 2.16 bits per heavy atom. The fraction of sp³-hybridized carbons (Fsp3) is 0.619. The van der Waals surface area contributed by atoms with Crippen molar-refractivity contribution in [2.75, 3.05) is 0 Å². The molecule has 0 amide bonds. The highest BCUT2D eigenvalue weighted by Crippen LogP contribution is 2.61. The second-order valence-electron chi connectivity index (χ2n) is 8.92. The number of phenolic OH excluding ortho intramolecular Hbond substituents is 4. The fourth-order valence-electron chi connectivity index (χ4n) is 5.57. The highest BCUT2D eigenvalue weighted by molar-refractivity contribution is 5.73. The first-order valence-corrected chi connectivity index (χ1v) is 9.27. The van der Waals surface area contributed by atoms with Crippen molar-refractivity contribution >= 4 is 6.08 Å². The molecule has 25 heavy (non-hydrogen) atoms. The SMILES string of the molecule is CC1CCC2C(C)(C)CCCC2(C)/C1=C/c1c(O)c(O)cc(O)c1O. The lowest BCUT2D eigenvalue weighted by Gasteiger charge is -2.56. The van der Waals surface area contributed by atoms with Gasteiger partial charge in [-0.1, -0.05) is 39.7 Å². The average Bonchev–Trinajstić information content (AvgIpc) is 2.51. The summed E-state index contributed by atoms with van der Waals surface area (Å²) in [6.45, 7) is 9.18. The van der Waals surface area contributed by atoms with Gasteiger partial charge in [0.2, 0.25) is 0 Å². The van der Waals surface area contributed by atoms with E-state index in [2.05, 4.69) is 27.7 Å². The molecule has 0 aromatic heterocycles. The molecular weight excluding hydrogens is 316 g/mol. The van der Waals surface area contributed by atoms with Crippen molar-refractivity contribution < 1.29 is 20.4 Å². The van der Waals surface area contributed by atoms with Crippen LogP contribution in [0.1, 0.15) is 65.4 Å². The summed E-state index contributed by atoms with van der Waals surface area (Å²) in [5, 5.41) is 40.1. The Morgan fingerprint density at radius 2 is 1.56 bits per heavy atom. The standard InChI is InChI=1S/C21H30O4/c1-12-6-7-17-20(2,3)8-5-9-21(17,4)14(12)10-13-18(24)15(22)11-16(23)19(13)25/h10-12,17,22-25H,5-9H2,1-4H3/b14-10+. The van der Waals surface area contributed by atoms with E-state index in [1.807, 2.05) is 6.08 Å². The molecule has 2 saturated carbocycles. The first-order valence-electron chi connectivity index (χ1n) is 9.27. The minimum atomic E-state index is -0.420. The van der Waals surface area contributed by atoms with Crippen LogP contribution in [0.15, 0.2) is 11.6 Å². The van der Waals surface area contributed by atoms with E-state index in [0.29, 0.717) is 11.8 Å². The van der Waals surface area contributed by atoms with E-state index in [1.54, 1.807) is 0 Å². The first kappa shape index (κ1) is 18.0. The molecule has 2 aliphatic carbocycles. The van der Waals surface area contributed by atoms with Crippen LogP contribution in [0.25, 0.3) is 6.08 Å². The summed E-state index contributed by atoms with van der Waals surface area (Å²) in [6, 6.07) is 0.964. The Labute approximate surface area is 149 Å². The molecule has 1 aromatic carbocycles. The smallest absolute Gasteiger partial charge is 0.168 e.